The van der Waals surface area contributed by atoms with E-state index in [0.29, 0.717) is 5.69 Å². The Hall–Kier alpha value is -2.72. The topological polar surface area (TPSA) is 95.9 Å². The van der Waals surface area contributed by atoms with Gasteiger partial charge in [0.05, 0.1) is 4.90 Å². The van der Waals surface area contributed by atoms with Crippen molar-refractivity contribution in [1.82, 2.24) is 4.90 Å². The summed E-state index contributed by atoms with van der Waals surface area (Å²) in [7, 11) is -3.99. The molecule has 2 aromatic rings. The fourth-order valence-electron chi connectivity index (χ4n) is 2.78. The van der Waals surface area contributed by atoms with Gasteiger partial charge in [0.1, 0.15) is 11.1 Å². The van der Waals surface area contributed by atoms with E-state index in [0.717, 1.165) is 17.3 Å². The molecular weight excluding hydrogens is 429 g/mol. The number of nitrogens with zero attached hydrogens (tertiary/aromatic N) is 2. The number of nitrogens with one attached hydrogen (secondary N) is 1. The van der Waals surface area contributed by atoms with E-state index < -0.39 is 27.0 Å². The zero-order chi connectivity index (χ0) is 21.9. The summed E-state index contributed by atoms with van der Waals surface area (Å²) >= 11 is 0.944. The highest BCUT2D eigenvalue weighted by molar-refractivity contribution is 8.16. The molecule has 30 heavy (non-hydrogen) atoms. The van der Waals surface area contributed by atoms with Crippen LogP contribution in [0.15, 0.2) is 57.8 Å². The number of hydrogen-bond donors (Lipinski definition) is 1. The molecule has 0 bridgehead atoms. The van der Waals surface area contributed by atoms with Crippen molar-refractivity contribution in [1.29, 1.82) is 0 Å². The Morgan fingerprint density at radius 3 is 2.40 bits per heavy atom. The lowest BCUT2D eigenvalue weighted by Gasteiger charge is -2.13. The molecule has 2 aromatic carbocycles. The van der Waals surface area contributed by atoms with Gasteiger partial charge in [-0.05, 0) is 50.2 Å². The monoisotopic (exact) mass is 449 g/mol. The number of carbonyl (C=O) groups excluding carboxylic acids is 2. The van der Waals surface area contributed by atoms with E-state index >= 15 is 0 Å². The normalized spacial score (nSPS) is 18.1. The quantitative estimate of drug-likeness (QED) is 0.731. The molecule has 1 aliphatic heterocycles. The number of benzene rings is 2. The molecule has 1 fully saturated rings. The Labute approximate surface area is 178 Å². The van der Waals surface area contributed by atoms with Crippen LogP contribution in [0.1, 0.15) is 18.9 Å². The number of sulfonamides is 1. The van der Waals surface area contributed by atoms with Crippen LogP contribution in [-0.2, 0) is 19.6 Å². The summed E-state index contributed by atoms with van der Waals surface area (Å²) in [6.45, 7) is 3.77. The molecule has 0 spiro atoms. The fraction of sp³-hybridized carbons (Fsp3) is 0.250. The molecule has 7 nitrogen and oxygen atoms in total. The molecule has 1 saturated heterocycles. The van der Waals surface area contributed by atoms with E-state index in [1.54, 1.807) is 19.1 Å². The van der Waals surface area contributed by atoms with Crippen LogP contribution in [0.3, 0.4) is 0 Å². The van der Waals surface area contributed by atoms with Crippen molar-refractivity contribution in [3.8, 4) is 0 Å². The van der Waals surface area contributed by atoms with Gasteiger partial charge >= 0.3 is 0 Å². The zero-order valence-electron chi connectivity index (χ0n) is 16.3. The van der Waals surface area contributed by atoms with E-state index in [-0.39, 0.29) is 28.9 Å². The van der Waals surface area contributed by atoms with Gasteiger partial charge in [-0.1, -0.05) is 29.5 Å². The first-order chi connectivity index (χ1) is 14.2. The number of amidine groups is 1. The lowest BCUT2D eigenvalue weighted by Crippen LogP contribution is -2.33. The third-order valence-corrected chi connectivity index (χ3v) is 6.92. The molecule has 1 atom stereocenters. The lowest BCUT2D eigenvalue weighted by atomic mass is 10.2. The Kier molecular flexibility index (Phi) is 6.57. The van der Waals surface area contributed by atoms with Crippen LogP contribution < -0.4 is 5.32 Å². The Balaban J connectivity index is 1.75. The maximum Gasteiger partial charge on any atom is 0.284 e. The summed E-state index contributed by atoms with van der Waals surface area (Å²) in [6, 6.07) is 11.5. The Morgan fingerprint density at radius 2 is 1.80 bits per heavy atom. The van der Waals surface area contributed by atoms with Gasteiger partial charge in [0.2, 0.25) is 11.8 Å². The second kappa shape index (κ2) is 8.97. The third-order valence-electron chi connectivity index (χ3n) is 4.35. The van der Waals surface area contributed by atoms with E-state index in [4.69, 9.17) is 0 Å². The van der Waals surface area contributed by atoms with Crippen molar-refractivity contribution in [3.05, 3.63) is 59.9 Å². The average molecular weight is 450 g/mol. The summed E-state index contributed by atoms with van der Waals surface area (Å²) in [5.74, 6) is -1.25. The number of amides is 2. The fourth-order valence-corrected chi connectivity index (χ4v) is 5.20. The van der Waals surface area contributed by atoms with Crippen molar-refractivity contribution in [2.45, 2.75) is 30.4 Å². The minimum absolute atomic E-state index is 0.0298. The highest BCUT2D eigenvalue weighted by Gasteiger charge is 2.39. The van der Waals surface area contributed by atoms with E-state index in [1.807, 2.05) is 6.92 Å². The van der Waals surface area contributed by atoms with Gasteiger partial charge in [-0.15, -0.1) is 4.40 Å². The maximum atomic E-state index is 13.0. The predicted molar refractivity (Wildman–Crippen MR) is 114 cm³/mol. The molecule has 0 aromatic heterocycles. The first-order valence-electron chi connectivity index (χ1n) is 9.14. The van der Waals surface area contributed by atoms with Crippen LogP contribution in [0.25, 0.3) is 0 Å². The van der Waals surface area contributed by atoms with Crippen molar-refractivity contribution in [2.24, 2.45) is 4.40 Å². The van der Waals surface area contributed by atoms with Crippen molar-refractivity contribution >= 4 is 44.5 Å². The summed E-state index contributed by atoms with van der Waals surface area (Å²) in [6.07, 6.45) is -0.166. The van der Waals surface area contributed by atoms with Gasteiger partial charge in [-0.3, -0.25) is 14.5 Å². The van der Waals surface area contributed by atoms with Crippen LogP contribution in [0.5, 0.6) is 0 Å². The first kappa shape index (κ1) is 22.0. The van der Waals surface area contributed by atoms with Gasteiger partial charge in [0.15, 0.2) is 5.17 Å². The summed E-state index contributed by atoms with van der Waals surface area (Å²) in [5.41, 5.74) is 1.31. The van der Waals surface area contributed by atoms with Gasteiger partial charge in [-0.25, -0.2) is 4.39 Å². The predicted octanol–water partition coefficient (Wildman–Crippen LogP) is 3.17. The molecule has 2 amide bonds. The van der Waals surface area contributed by atoms with Gasteiger partial charge in [-0.2, -0.15) is 8.42 Å². The number of anilines is 1. The highest BCUT2D eigenvalue weighted by atomic mass is 32.2. The van der Waals surface area contributed by atoms with E-state index in [1.165, 1.54) is 41.3 Å². The zero-order valence-corrected chi connectivity index (χ0v) is 18.0. The van der Waals surface area contributed by atoms with Crippen molar-refractivity contribution < 1.29 is 22.4 Å². The first-order valence-corrected chi connectivity index (χ1v) is 11.5. The van der Waals surface area contributed by atoms with Crippen LogP contribution >= 0.6 is 11.8 Å². The number of aryl methyl sites for hydroxylation is 1. The molecule has 158 valence electrons. The third kappa shape index (κ3) is 5.06. The summed E-state index contributed by atoms with van der Waals surface area (Å²) in [4.78, 5) is 26.2. The number of rotatable bonds is 6. The molecule has 1 aliphatic rings. The van der Waals surface area contributed by atoms with Gasteiger partial charge in [0.25, 0.3) is 10.0 Å². The Morgan fingerprint density at radius 1 is 1.17 bits per heavy atom. The molecular formula is C20H20FN3O4S2. The van der Waals surface area contributed by atoms with Crippen LogP contribution in [0, 0.1) is 12.7 Å². The van der Waals surface area contributed by atoms with E-state index in [2.05, 4.69) is 9.71 Å². The molecule has 1 heterocycles. The minimum atomic E-state index is -3.99. The SMILES string of the molecule is CCN1C(=O)C(CC(=O)Nc2ccc(F)cc2)S/C1=N/S(=O)(=O)c1ccc(C)cc1. The number of carbonyl (C=O) groups is 2. The molecule has 1 N–H and O–H groups in total. The minimum Gasteiger partial charge on any atom is -0.326 e. The Bertz CT molecular complexity index is 1080. The number of hydrogen-bond acceptors (Lipinski definition) is 5. The molecule has 0 radical (unpaired) electrons. The smallest absolute Gasteiger partial charge is 0.284 e. The molecule has 3 rings (SSSR count). The van der Waals surface area contributed by atoms with Gasteiger partial charge < -0.3 is 5.32 Å². The van der Waals surface area contributed by atoms with Crippen LogP contribution in [-0.4, -0.2) is 42.1 Å². The van der Waals surface area contributed by atoms with Crippen LogP contribution in [0.2, 0.25) is 0 Å². The molecule has 0 aliphatic carbocycles. The summed E-state index contributed by atoms with van der Waals surface area (Å²) < 4.78 is 42.1. The second-order valence-corrected chi connectivity index (χ2v) is 9.38. The number of halogens is 1. The number of thioether (sulfide) groups is 1. The lowest BCUT2D eigenvalue weighted by molar-refractivity contribution is -0.128. The van der Waals surface area contributed by atoms with E-state index in [9.17, 15) is 22.4 Å². The largest absolute Gasteiger partial charge is 0.326 e. The molecule has 0 saturated carbocycles. The standard InChI is InChI=1S/C20H20FN3O4S2/c1-3-24-19(26)17(12-18(25)22-15-8-6-14(21)7-9-15)29-20(24)23-30(27,28)16-10-4-13(2)5-11-16/h4-11,17H,3,12H2,1-2H3,(H,22,25)/b23-20+. The average Bonchev–Trinajstić information content (AvgIpc) is 2.97. The van der Waals surface area contributed by atoms with Crippen molar-refractivity contribution in [2.75, 3.05) is 11.9 Å². The molecule has 1 unspecified atom stereocenters. The van der Waals surface area contributed by atoms with Crippen molar-refractivity contribution in [3.63, 3.8) is 0 Å². The van der Waals surface area contributed by atoms with Gasteiger partial charge in [0, 0.05) is 18.7 Å². The molecule has 10 heteroatoms. The highest BCUT2D eigenvalue weighted by Crippen LogP contribution is 2.31. The maximum absolute atomic E-state index is 13.0. The second-order valence-electron chi connectivity index (χ2n) is 6.61. The van der Waals surface area contributed by atoms with Crippen LogP contribution in [0.4, 0.5) is 10.1 Å². The summed E-state index contributed by atoms with van der Waals surface area (Å²) in [5, 5.41) is 1.85.